The maximum atomic E-state index is 9.03. The van der Waals surface area contributed by atoms with Crippen LogP contribution in [0.4, 0.5) is 11.6 Å². The number of aliphatic hydroxyl groups is 1. The fourth-order valence-electron chi connectivity index (χ4n) is 1.14. The van der Waals surface area contributed by atoms with Gasteiger partial charge in [-0.2, -0.15) is 0 Å². The van der Waals surface area contributed by atoms with Gasteiger partial charge in [-0.15, -0.1) is 0 Å². The molecule has 15 heavy (non-hydrogen) atoms. The first kappa shape index (κ1) is 11.7. The zero-order valence-corrected chi connectivity index (χ0v) is 9.44. The summed E-state index contributed by atoms with van der Waals surface area (Å²) in [5, 5.41) is 12.1. The second kappa shape index (κ2) is 5.50. The van der Waals surface area contributed by atoms with Crippen molar-refractivity contribution in [1.82, 2.24) is 9.97 Å². The highest BCUT2D eigenvalue weighted by Gasteiger charge is 2.10. The molecule has 0 bridgehead atoms. The van der Waals surface area contributed by atoms with Crippen LogP contribution in [0.25, 0.3) is 0 Å². The number of aromatic nitrogens is 2. The van der Waals surface area contributed by atoms with E-state index >= 15 is 0 Å². The Morgan fingerprint density at radius 2 is 2.27 bits per heavy atom. The van der Waals surface area contributed by atoms with Crippen molar-refractivity contribution in [3.8, 4) is 0 Å². The molecule has 5 heteroatoms. The normalized spacial score (nSPS) is 12.3. The number of anilines is 2. The van der Waals surface area contributed by atoms with Gasteiger partial charge in [-0.05, 0) is 13.8 Å². The fourth-order valence-corrected chi connectivity index (χ4v) is 1.14. The molecule has 0 amide bonds. The SMILES string of the molecule is CCNc1cncc(N(C)C(C)CO)n1. The molecule has 5 nitrogen and oxygen atoms in total. The van der Waals surface area contributed by atoms with Crippen molar-refractivity contribution in [2.45, 2.75) is 19.9 Å². The minimum absolute atomic E-state index is 0.0381. The second-order valence-corrected chi connectivity index (χ2v) is 3.44. The predicted molar refractivity (Wildman–Crippen MR) is 61.1 cm³/mol. The van der Waals surface area contributed by atoms with Crippen LogP contribution < -0.4 is 10.2 Å². The molecule has 0 aliphatic heterocycles. The summed E-state index contributed by atoms with van der Waals surface area (Å²) >= 11 is 0. The largest absolute Gasteiger partial charge is 0.394 e. The topological polar surface area (TPSA) is 61.3 Å². The average Bonchev–Trinajstić information content (AvgIpc) is 2.28. The van der Waals surface area contributed by atoms with E-state index < -0.39 is 0 Å². The molecule has 1 unspecified atom stereocenters. The van der Waals surface area contributed by atoms with E-state index in [2.05, 4.69) is 15.3 Å². The van der Waals surface area contributed by atoms with Gasteiger partial charge in [0.2, 0.25) is 0 Å². The Morgan fingerprint density at radius 3 is 2.87 bits per heavy atom. The van der Waals surface area contributed by atoms with Gasteiger partial charge in [0.25, 0.3) is 0 Å². The number of rotatable bonds is 5. The van der Waals surface area contributed by atoms with Crippen LogP contribution in [0.5, 0.6) is 0 Å². The summed E-state index contributed by atoms with van der Waals surface area (Å²) in [6.45, 7) is 4.86. The number of hydrogen-bond acceptors (Lipinski definition) is 5. The van der Waals surface area contributed by atoms with Crippen molar-refractivity contribution in [1.29, 1.82) is 0 Å². The maximum Gasteiger partial charge on any atom is 0.149 e. The quantitative estimate of drug-likeness (QED) is 0.750. The summed E-state index contributed by atoms with van der Waals surface area (Å²) in [5.74, 6) is 1.52. The number of likely N-dealkylation sites (N-methyl/N-ethyl adjacent to an activating group) is 1. The highest BCUT2D eigenvalue weighted by atomic mass is 16.3. The first-order valence-corrected chi connectivity index (χ1v) is 5.08. The smallest absolute Gasteiger partial charge is 0.149 e. The third kappa shape index (κ3) is 3.06. The van der Waals surface area contributed by atoms with Crippen LogP contribution in [0.3, 0.4) is 0 Å². The number of nitrogens with zero attached hydrogens (tertiary/aromatic N) is 3. The van der Waals surface area contributed by atoms with Gasteiger partial charge in [0.1, 0.15) is 11.6 Å². The van der Waals surface area contributed by atoms with E-state index in [-0.39, 0.29) is 12.6 Å². The van der Waals surface area contributed by atoms with Crippen molar-refractivity contribution in [2.75, 3.05) is 30.4 Å². The van der Waals surface area contributed by atoms with Crippen molar-refractivity contribution in [2.24, 2.45) is 0 Å². The molecule has 0 saturated carbocycles. The maximum absolute atomic E-state index is 9.03. The predicted octanol–water partition coefficient (Wildman–Crippen LogP) is 0.725. The molecule has 0 fully saturated rings. The van der Waals surface area contributed by atoms with Crippen molar-refractivity contribution < 1.29 is 5.11 Å². The molecule has 0 aliphatic carbocycles. The van der Waals surface area contributed by atoms with Gasteiger partial charge < -0.3 is 15.3 Å². The Hall–Kier alpha value is -1.36. The molecular formula is C10H18N4O. The van der Waals surface area contributed by atoms with Gasteiger partial charge in [0.15, 0.2) is 0 Å². The second-order valence-electron chi connectivity index (χ2n) is 3.44. The molecule has 0 saturated heterocycles. The van der Waals surface area contributed by atoms with Gasteiger partial charge in [0, 0.05) is 13.6 Å². The Labute approximate surface area is 90.2 Å². The Balaban J connectivity index is 2.80. The van der Waals surface area contributed by atoms with Crippen molar-refractivity contribution >= 4 is 11.6 Å². The van der Waals surface area contributed by atoms with Gasteiger partial charge >= 0.3 is 0 Å². The van der Waals surface area contributed by atoms with E-state index in [1.54, 1.807) is 12.4 Å². The van der Waals surface area contributed by atoms with E-state index in [4.69, 9.17) is 5.11 Å². The van der Waals surface area contributed by atoms with Crippen molar-refractivity contribution in [3.63, 3.8) is 0 Å². The molecule has 0 aliphatic rings. The van der Waals surface area contributed by atoms with E-state index in [9.17, 15) is 0 Å². The first-order valence-electron chi connectivity index (χ1n) is 5.08. The molecule has 2 N–H and O–H groups in total. The molecule has 0 spiro atoms. The van der Waals surface area contributed by atoms with Crippen LogP contribution in [0, 0.1) is 0 Å². The lowest BCUT2D eigenvalue weighted by Gasteiger charge is -2.24. The van der Waals surface area contributed by atoms with Crippen LogP contribution in [0.1, 0.15) is 13.8 Å². The molecule has 0 radical (unpaired) electrons. The summed E-state index contributed by atoms with van der Waals surface area (Å²) < 4.78 is 0. The molecule has 1 aromatic heterocycles. The molecule has 1 rings (SSSR count). The highest BCUT2D eigenvalue weighted by molar-refractivity contribution is 5.43. The summed E-state index contributed by atoms with van der Waals surface area (Å²) in [5.41, 5.74) is 0. The molecule has 0 aromatic carbocycles. The van der Waals surface area contributed by atoms with Crippen LogP contribution in [-0.4, -0.2) is 41.3 Å². The van der Waals surface area contributed by atoms with Gasteiger partial charge in [0.05, 0.1) is 25.0 Å². The number of hydrogen-bond donors (Lipinski definition) is 2. The van der Waals surface area contributed by atoms with Crippen LogP contribution in [0.2, 0.25) is 0 Å². The van der Waals surface area contributed by atoms with E-state index in [1.165, 1.54) is 0 Å². The van der Waals surface area contributed by atoms with Gasteiger partial charge in [-0.1, -0.05) is 0 Å². The fraction of sp³-hybridized carbons (Fsp3) is 0.600. The lowest BCUT2D eigenvalue weighted by Crippen LogP contribution is -2.32. The Morgan fingerprint density at radius 1 is 1.53 bits per heavy atom. The number of nitrogens with one attached hydrogen (secondary N) is 1. The van der Waals surface area contributed by atoms with Crippen LogP contribution >= 0.6 is 0 Å². The summed E-state index contributed by atoms with van der Waals surface area (Å²) in [6, 6.07) is 0.0381. The van der Waals surface area contributed by atoms with Crippen LogP contribution in [0.15, 0.2) is 12.4 Å². The third-order valence-corrected chi connectivity index (χ3v) is 2.27. The monoisotopic (exact) mass is 210 g/mol. The van der Waals surface area contributed by atoms with E-state index in [1.807, 2.05) is 25.8 Å². The minimum atomic E-state index is 0.0381. The molecular weight excluding hydrogens is 192 g/mol. The molecule has 84 valence electrons. The summed E-state index contributed by atoms with van der Waals surface area (Å²) in [6.07, 6.45) is 3.37. The standard InChI is InChI=1S/C10H18N4O/c1-4-12-9-5-11-6-10(13-9)14(3)8(2)7-15/h5-6,8,15H,4,7H2,1-3H3,(H,12,13). The lowest BCUT2D eigenvalue weighted by atomic mass is 10.3. The van der Waals surface area contributed by atoms with Crippen LogP contribution in [-0.2, 0) is 0 Å². The minimum Gasteiger partial charge on any atom is -0.394 e. The lowest BCUT2D eigenvalue weighted by molar-refractivity contribution is 0.270. The Bertz CT molecular complexity index is 305. The molecule has 1 aromatic rings. The zero-order valence-electron chi connectivity index (χ0n) is 9.44. The average molecular weight is 210 g/mol. The summed E-state index contributed by atoms with van der Waals surface area (Å²) in [7, 11) is 1.89. The van der Waals surface area contributed by atoms with Gasteiger partial charge in [-0.25, -0.2) is 4.98 Å². The highest BCUT2D eigenvalue weighted by Crippen LogP contribution is 2.12. The molecule has 1 heterocycles. The van der Waals surface area contributed by atoms with E-state index in [0.717, 1.165) is 18.2 Å². The molecule has 1 atom stereocenters. The number of aliphatic hydroxyl groups excluding tert-OH is 1. The zero-order chi connectivity index (χ0) is 11.3. The summed E-state index contributed by atoms with van der Waals surface area (Å²) in [4.78, 5) is 10.4. The van der Waals surface area contributed by atoms with Gasteiger partial charge in [-0.3, -0.25) is 4.98 Å². The third-order valence-electron chi connectivity index (χ3n) is 2.27. The van der Waals surface area contributed by atoms with E-state index in [0.29, 0.717) is 0 Å². The first-order chi connectivity index (χ1) is 7.19. The Kier molecular flexibility index (Phi) is 4.30. The van der Waals surface area contributed by atoms with Crippen molar-refractivity contribution in [3.05, 3.63) is 12.4 Å².